The molecule has 3 rings (SSSR count). The summed E-state index contributed by atoms with van der Waals surface area (Å²) in [5.41, 5.74) is 2.88. The number of nitrogens with zero attached hydrogens (tertiary/aromatic N) is 3. The van der Waals surface area contributed by atoms with Gasteiger partial charge in [-0.1, -0.05) is 18.2 Å². The van der Waals surface area contributed by atoms with Crippen molar-refractivity contribution < 1.29 is 0 Å². The lowest BCUT2D eigenvalue weighted by Crippen LogP contribution is -1.89. The molecule has 5 heteroatoms. The third kappa shape index (κ3) is 1.90. The number of para-hydroxylation sites is 1. The molecule has 0 atom stereocenters. The number of pyridine rings is 1. The maximum Gasteiger partial charge on any atom is 0.203 e. The highest BCUT2D eigenvalue weighted by atomic mass is 35.5. The molecule has 17 heavy (non-hydrogen) atoms. The van der Waals surface area contributed by atoms with Crippen molar-refractivity contribution in [3.8, 4) is 11.5 Å². The van der Waals surface area contributed by atoms with Crippen LogP contribution in [0.5, 0.6) is 0 Å². The van der Waals surface area contributed by atoms with Crippen molar-refractivity contribution in [3.05, 3.63) is 40.4 Å². The molecule has 0 aliphatic carbocycles. The van der Waals surface area contributed by atoms with Gasteiger partial charge in [-0.25, -0.2) is 9.97 Å². The molecule has 2 heterocycles. The first-order chi connectivity index (χ1) is 8.24. The fourth-order valence-electron chi connectivity index (χ4n) is 1.77. The van der Waals surface area contributed by atoms with E-state index in [-0.39, 0.29) is 0 Å². The van der Waals surface area contributed by atoms with Crippen molar-refractivity contribution in [2.45, 2.75) is 6.92 Å². The number of rotatable bonds is 1. The summed E-state index contributed by atoms with van der Waals surface area (Å²) in [6.07, 6.45) is 0. The maximum absolute atomic E-state index is 5.79. The predicted octanol–water partition coefficient (Wildman–Crippen LogP) is 3.72. The van der Waals surface area contributed by atoms with Crippen LogP contribution in [-0.2, 0) is 0 Å². The van der Waals surface area contributed by atoms with E-state index in [1.165, 1.54) is 11.5 Å². The number of benzene rings is 1. The molecule has 0 aliphatic heterocycles. The molecule has 0 saturated heterocycles. The zero-order valence-corrected chi connectivity index (χ0v) is 10.6. The quantitative estimate of drug-likeness (QED) is 0.670. The topological polar surface area (TPSA) is 38.7 Å². The summed E-state index contributed by atoms with van der Waals surface area (Å²) in [6.45, 7) is 2.06. The van der Waals surface area contributed by atoms with Crippen LogP contribution >= 0.6 is 23.1 Å². The smallest absolute Gasteiger partial charge is 0.203 e. The van der Waals surface area contributed by atoms with E-state index < -0.39 is 0 Å². The first-order valence-electron chi connectivity index (χ1n) is 5.10. The Morgan fingerprint density at radius 1 is 1.18 bits per heavy atom. The second-order valence-corrected chi connectivity index (χ2v) is 5.05. The van der Waals surface area contributed by atoms with Gasteiger partial charge in [0.1, 0.15) is 5.69 Å². The minimum Gasteiger partial charge on any atom is -0.244 e. The van der Waals surface area contributed by atoms with Crippen LogP contribution in [0.2, 0.25) is 4.47 Å². The van der Waals surface area contributed by atoms with E-state index in [0.717, 1.165) is 22.2 Å². The van der Waals surface area contributed by atoms with Crippen LogP contribution in [0.25, 0.3) is 22.4 Å². The van der Waals surface area contributed by atoms with E-state index in [2.05, 4.69) is 27.3 Å². The van der Waals surface area contributed by atoms with Gasteiger partial charge in [0.2, 0.25) is 4.47 Å². The molecule has 0 radical (unpaired) electrons. The molecule has 0 amide bonds. The summed E-state index contributed by atoms with van der Waals surface area (Å²) in [5, 5.41) is 1.15. The Balaban J connectivity index is 2.25. The standard InChI is InChI=1S/C12H8ClN3S/c1-7-6-10(11-15-12(13)17-16-11)14-9-5-3-2-4-8(7)9/h2-6H,1H3. The summed E-state index contributed by atoms with van der Waals surface area (Å²) in [7, 11) is 0. The molecular formula is C12H8ClN3S. The molecule has 3 aromatic rings. The van der Waals surface area contributed by atoms with Crippen molar-refractivity contribution in [1.29, 1.82) is 0 Å². The van der Waals surface area contributed by atoms with E-state index in [0.29, 0.717) is 10.3 Å². The van der Waals surface area contributed by atoms with E-state index in [9.17, 15) is 0 Å². The van der Waals surface area contributed by atoms with Crippen LogP contribution in [-0.4, -0.2) is 14.3 Å². The van der Waals surface area contributed by atoms with E-state index >= 15 is 0 Å². The highest BCUT2D eigenvalue weighted by Gasteiger charge is 2.09. The minimum atomic E-state index is 0.438. The van der Waals surface area contributed by atoms with Crippen LogP contribution < -0.4 is 0 Å². The Kier molecular flexibility index (Phi) is 2.53. The second-order valence-electron chi connectivity index (χ2n) is 3.71. The Bertz CT molecular complexity index is 693. The van der Waals surface area contributed by atoms with Gasteiger partial charge in [-0.05, 0) is 47.8 Å². The van der Waals surface area contributed by atoms with E-state index in [1.54, 1.807) is 0 Å². The maximum atomic E-state index is 5.79. The van der Waals surface area contributed by atoms with Crippen LogP contribution in [0.3, 0.4) is 0 Å². The fourth-order valence-corrected chi connectivity index (χ4v) is 2.38. The van der Waals surface area contributed by atoms with Gasteiger partial charge in [0, 0.05) is 5.39 Å². The van der Waals surface area contributed by atoms with Crippen LogP contribution in [0.4, 0.5) is 0 Å². The molecule has 84 valence electrons. The SMILES string of the molecule is Cc1cc(-c2nsc(Cl)n2)nc2ccccc12. The van der Waals surface area contributed by atoms with Crippen molar-refractivity contribution in [2.24, 2.45) is 0 Å². The van der Waals surface area contributed by atoms with Crippen molar-refractivity contribution in [2.75, 3.05) is 0 Å². The van der Waals surface area contributed by atoms with Gasteiger partial charge in [0.05, 0.1) is 5.52 Å². The largest absolute Gasteiger partial charge is 0.244 e. The highest BCUT2D eigenvalue weighted by Crippen LogP contribution is 2.24. The Morgan fingerprint density at radius 2 is 2.00 bits per heavy atom. The molecule has 0 N–H and O–H groups in total. The molecule has 3 nitrogen and oxygen atoms in total. The summed E-state index contributed by atoms with van der Waals surface area (Å²) in [4.78, 5) is 8.68. The third-order valence-electron chi connectivity index (χ3n) is 2.55. The summed E-state index contributed by atoms with van der Waals surface area (Å²) in [6, 6.07) is 10.0. The number of halogens is 1. The van der Waals surface area contributed by atoms with Crippen molar-refractivity contribution in [1.82, 2.24) is 14.3 Å². The van der Waals surface area contributed by atoms with Gasteiger partial charge in [-0.3, -0.25) is 0 Å². The highest BCUT2D eigenvalue weighted by molar-refractivity contribution is 7.10. The zero-order valence-electron chi connectivity index (χ0n) is 9.01. The first-order valence-corrected chi connectivity index (χ1v) is 6.25. The lowest BCUT2D eigenvalue weighted by atomic mass is 10.1. The van der Waals surface area contributed by atoms with Gasteiger partial charge < -0.3 is 0 Å². The number of hydrogen-bond acceptors (Lipinski definition) is 4. The molecule has 1 aromatic carbocycles. The lowest BCUT2D eigenvalue weighted by Gasteiger charge is -2.03. The Hall–Kier alpha value is -1.52. The molecule has 0 saturated carbocycles. The second kappa shape index (κ2) is 4.05. The molecule has 0 unspecified atom stereocenters. The monoisotopic (exact) mass is 261 g/mol. The van der Waals surface area contributed by atoms with E-state index in [4.69, 9.17) is 11.6 Å². The van der Waals surface area contributed by atoms with Gasteiger partial charge in [0.25, 0.3) is 0 Å². The van der Waals surface area contributed by atoms with Gasteiger partial charge in [0.15, 0.2) is 5.82 Å². The number of fused-ring (bicyclic) bond motifs is 1. The van der Waals surface area contributed by atoms with Crippen LogP contribution in [0.1, 0.15) is 5.56 Å². The third-order valence-corrected chi connectivity index (χ3v) is 3.35. The van der Waals surface area contributed by atoms with Gasteiger partial charge >= 0.3 is 0 Å². The van der Waals surface area contributed by atoms with E-state index in [1.807, 2.05) is 24.3 Å². The molecule has 2 aromatic heterocycles. The fraction of sp³-hybridized carbons (Fsp3) is 0.0833. The average Bonchev–Trinajstić information content (AvgIpc) is 2.76. The number of aromatic nitrogens is 3. The molecular weight excluding hydrogens is 254 g/mol. The molecule has 0 fully saturated rings. The normalized spacial score (nSPS) is 10.9. The summed E-state index contributed by atoms with van der Waals surface area (Å²) < 4.78 is 4.61. The Morgan fingerprint density at radius 3 is 2.76 bits per heavy atom. The average molecular weight is 262 g/mol. The molecule has 0 spiro atoms. The number of aryl methyl sites for hydroxylation is 1. The molecule has 0 aliphatic rings. The lowest BCUT2D eigenvalue weighted by molar-refractivity contribution is 1.25. The predicted molar refractivity (Wildman–Crippen MR) is 70.4 cm³/mol. The zero-order chi connectivity index (χ0) is 11.8. The number of hydrogen-bond donors (Lipinski definition) is 0. The van der Waals surface area contributed by atoms with Gasteiger partial charge in [-0.2, -0.15) is 4.37 Å². The van der Waals surface area contributed by atoms with Gasteiger partial charge in [-0.15, -0.1) is 0 Å². The minimum absolute atomic E-state index is 0.438. The summed E-state index contributed by atoms with van der Waals surface area (Å²) >= 11 is 6.96. The van der Waals surface area contributed by atoms with Crippen LogP contribution in [0.15, 0.2) is 30.3 Å². The van der Waals surface area contributed by atoms with Crippen molar-refractivity contribution >= 4 is 34.0 Å². The Labute approximate surface area is 107 Å². The van der Waals surface area contributed by atoms with Crippen molar-refractivity contribution in [3.63, 3.8) is 0 Å². The first kappa shape index (κ1) is 10.6. The summed E-state index contributed by atoms with van der Waals surface area (Å²) in [5.74, 6) is 0.592. The molecule has 0 bridgehead atoms. The van der Waals surface area contributed by atoms with Crippen LogP contribution in [0, 0.1) is 6.92 Å².